The summed E-state index contributed by atoms with van der Waals surface area (Å²) in [5, 5.41) is 11.3. The number of aliphatic hydroxyl groups excluding tert-OH is 1. The first kappa shape index (κ1) is 21.8. The molecule has 1 saturated carbocycles. The molecule has 2 aromatic rings. The quantitative estimate of drug-likeness (QED) is 0.670. The van der Waals surface area contributed by atoms with E-state index in [1.165, 1.54) is 0 Å². The molecule has 2 fully saturated rings. The highest BCUT2D eigenvalue weighted by atomic mass is 16.7. The molecule has 1 N–H and O–H groups in total. The Hall–Kier alpha value is -2.41. The average Bonchev–Trinajstić information content (AvgIpc) is 3.27. The number of hydrogen-bond donors (Lipinski definition) is 1. The maximum atomic E-state index is 13.0. The predicted molar refractivity (Wildman–Crippen MR) is 114 cm³/mol. The minimum absolute atomic E-state index is 0.276. The van der Waals surface area contributed by atoms with E-state index in [9.17, 15) is 9.90 Å². The molecular weight excluding hydrogens is 396 g/mol. The molecule has 0 aromatic heterocycles. The van der Waals surface area contributed by atoms with E-state index in [0.717, 1.165) is 5.56 Å². The number of carbonyl (C=O) groups excluding carboxylic acids is 1. The number of hydrogen-bond acceptors (Lipinski definition) is 6. The van der Waals surface area contributed by atoms with E-state index in [2.05, 4.69) is 0 Å². The summed E-state index contributed by atoms with van der Waals surface area (Å²) in [6.07, 6.45) is 1.02. The molecule has 0 unspecified atom stereocenters. The third-order valence-corrected chi connectivity index (χ3v) is 6.37. The Morgan fingerprint density at radius 3 is 2.26 bits per heavy atom. The molecule has 0 bridgehead atoms. The second kappa shape index (κ2) is 9.39. The van der Waals surface area contributed by atoms with Crippen molar-refractivity contribution in [3.8, 4) is 5.75 Å². The van der Waals surface area contributed by atoms with Crippen LogP contribution in [-0.2, 0) is 25.6 Å². The van der Waals surface area contributed by atoms with E-state index < -0.39 is 17.3 Å². The molecule has 2 aromatic carbocycles. The van der Waals surface area contributed by atoms with Crippen LogP contribution in [0.5, 0.6) is 5.75 Å². The standard InChI is InChI=1S/C25H30O6/c1-2-28-23(27)24(12-14-25(15-13-24)30-16-17-31-25)22(26)20-8-10-21(11-9-20)29-18-19-6-4-3-5-7-19/h3-11,22,26H,2,12-18H2,1H3/t22-/m0/s1. The largest absolute Gasteiger partial charge is 0.489 e. The maximum Gasteiger partial charge on any atom is 0.315 e. The van der Waals surface area contributed by atoms with Crippen molar-refractivity contribution in [2.45, 2.75) is 51.1 Å². The average molecular weight is 427 g/mol. The highest BCUT2D eigenvalue weighted by Crippen LogP contribution is 2.51. The Kier molecular flexibility index (Phi) is 6.60. The van der Waals surface area contributed by atoms with Crippen LogP contribution in [0.2, 0.25) is 0 Å². The monoisotopic (exact) mass is 426 g/mol. The van der Waals surface area contributed by atoms with Crippen LogP contribution in [0, 0.1) is 5.41 Å². The Labute approximate surface area is 183 Å². The lowest BCUT2D eigenvalue weighted by molar-refractivity contribution is -0.210. The van der Waals surface area contributed by atoms with Crippen molar-refractivity contribution in [2.24, 2.45) is 5.41 Å². The van der Waals surface area contributed by atoms with E-state index in [1.54, 1.807) is 6.92 Å². The first-order chi connectivity index (χ1) is 15.1. The molecule has 4 rings (SSSR count). The van der Waals surface area contributed by atoms with Gasteiger partial charge in [-0.25, -0.2) is 0 Å². The lowest BCUT2D eigenvalue weighted by atomic mass is 9.66. The summed E-state index contributed by atoms with van der Waals surface area (Å²) in [6.45, 7) is 3.67. The molecule has 1 saturated heterocycles. The molecule has 6 nitrogen and oxygen atoms in total. The summed E-state index contributed by atoms with van der Waals surface area (Å²) in [7, 11) is 0. The van der Waals surface area contributed by atoms with Gasteiger partial charge in [-0.3, -0.25) is 4.79 Å². The van der Waals surface area contributed by atoms with Gasteiger partial charge in [0.2, 0.25) is 0 Å². The van der Waals surface area contributed by atoms with Gasteiger partial charge in [-0.1, -0.05) is 42.5 Å². The summed E-state index contributed by atoms with van der Waals surface area (Å²) in [4.78, 5) is 13.0. The zero-order valence-electron chi connectivity index (χ0n) is 17.9. The molecule has 1 aliphatic carbocycles. The van der Waals surface area contributed by atoms with Crippen molar-refractivity contribution in [3.63, 3.8) is 0 Å². The minimum atomic E-state index is -1.01. The first-order valence-electron chi connectivity index (χ1n) is 11.0. The summed E-state index contributed by atoms with van der Waals surface area (Å²) in [6, 6.07) is 17.2. The third kappa shape index (κ3) is 4.61. The zero-order chi connectivity index (χ0) is 21.7. The molecule has 1 heterocycles. The van der Waals surface area contributed by atoms with Crippen LogP contribution in [0.25, 0.3) is 0 Å². The molecular formula is C25H30O6. The van der Waals surface area contributed by atoms with Gasteiger partial charge in [-0.15, -0.1) is 0 Å². The Bertz CT molecular complexity index is 847. The van der Waals surface area contributed by atoms with Crippen LogP contribution in [0.3, 0.4) is 0 Å². The normalized spacial score (nSPS) is 20.3. The van der Waals surface area contributed by atoms with Crippen LogP contribution in [0.4, 0.5) is 0 Å². The maximum absolute atomic E-state index is 13.0. The molecule has 1 aliphatic heterocycles. The highest BCUT2D eigenvalue weighted by molar-refractivity contribution is 5.78. The number of ether oxygens (including phenoxy) is 4. The molecule has 6 heteroatoms. The number of esters is 1. The number of carbonyl (C=O) groups is 1. The van der Waals surface area contributed by atoms with Gasteiger partial charge in [-0.2, -0.15) is 0 Å². The van der Waals surface area contributed by atoms with Crippen molar-refractivity contribution in [3.05, 3.63) is 65.7 Å². The fourth-order valence-corrected chi connectivity index (χ4v) is 4.53. The van der Waals surface area contributed by atoms with Crippen molar-refractivity contribution in [1.29, 1.82) is 0 Å². The molecule has 1 atom stereocenters. The van der Waals surface area contributed by atoms with Crippen LogP contribution < -0.4 is 4.74 Å². The smallest absolute Gasteiger partial charge is 0.315 e. The fraction of sp³-hybridized carbons (Fsp3) is 0.480. The second-order valence-corrected chi connectivity index (χ2v) is 8.23. The first-order valence-corrected chi connectivity index (χ1v) is 11.0. The number of benzene rings is 2. The van der Waals surface area contributed by atoms with Gasteiger partial charge in [-0.05, 0) is 43.0 Å². The Morgan fingerprint density at radius 2 is 1.65 bits per heavy atom. The molecule has 166 valence electrons. The topological polar surface area (TPSA) is 74.2 Å². The lowest BCUT2D eigenvalue weighted by Gasteiger charge is -2.44. The number of aliphatic hydroxyl groups is 1. The number of rotatable bonds is 7. The van der Waals surface area contributed by atoms with Gasteiger partial charge in [0, 0.05) is 12.8 Å². The van der Waals surface area contributed by atoms with Crippen molar-refractivity contribution in [1.82, 2.24) is 0 Å². The lowest BCUT2D eigenvalue weighted by Crippen LogP contribution is -2.47. The summed E-state index contributed by atoms with van der Waals surface area (Å²) in [5.41, 5.74) is 0.743. The van der Waals surface area contributed by atoms with Crippen LogP contribution in [0.15, 0.2) is 54.6 Å². The van der Waals surface area contributed by atoms with Crippen molar-refractivity contribution >= 4 is 5.97 Å². The van der Waals surface area contributed by atoms with Crippen LogP contribution >= 0.6 is 0 Å². The van der Waals surface area contributed by atoms with E-state index in [-0.39, 0.29) is 12.6 Å². The second-order valence-electron chi connectivity index (χ2n) is 8.23. The predicted octanol–water partition coefficient (Wildman–Crippen LogP) is 4.17. The SMILES string of the molecule is CCOC(=O)C1([C@@H](O)c2ccc(OCc3ccccc3)cc2)CCC2(CC1)OCCO2. The third-order valence-electron chi connectivity index (χ3n) is 6.37. The molecule has 1 spiro atoms. The van der Waals surface area contributed by atoms with E-state index in [0.29, 0.717) is 56.8 Å². The van der Waals surface area contributed by atoms with Gasteiger partial charge in [0.05, 0.1) is 31.3 Å². The minimum Gasteiger partial charge on any atom is -0.489 e. The van der Waals surface area contributed by atoms with Gasteiger partial charge in [0.25, 0.3) is 0 Å². The summed E-state index contributed by atoms with van der Waals surface area (Å²) < 4.78 is 22.8. The zero-order valence-corrected chi connectivity index (χ0v) is 17.9. The molecule has 0 amide bonds. The van der Waals surface area contributed by atoms with E-state index in [4.69, 9.17) is 18.9 Å². The van der Waals surface area contributed by atoms with E-state index in [1.807, 2.05) is 54.6 Å². The van der Waals surface area contributed by atoms with Gasteiger partial charge < -0.3 is 24.1 Å². The highest BCUT2D eigenvalue weighted by Gasteiger charge is 2.54. The van der Waals surface area contributed by atoms with Gasteiger partial charge in [0.15, 0.2) is 5.79 Å². The van der Waals surface area contributed by atoms with E-state index >= 15 is 0 Å². The fourth-order valence-electron chi connectivity index (χ4n) is 4.53. The molecule has 0 radical (unpaired) electrons. The van der Waals surface area contributed by atoms with Gasteiger partial charge >= 0.3 is 5.97 Å². The van der Waals surface area contributed by atoms with Crippen LogP contribution in [0.1, 0.15) is 49.8 Å². The van der Waals surface area contributed by atoms with Crippen molar-refractivity contribution in [2.75, 3.05) is 19.8 Å². The summed E-state index contributed by atoms with van der Waals surface area (Å²) in [5.74, 6) is -0.273. The Morgan fingerprint density at radius 1 is 1.00 bits per heavy atom. The van der Waals surface area contributed by atoms with Gasteiger partial charge in [0.1, 0.15) is 12.4 Å². The Balaban J connectivity index is 1.47. The summed E-state index contributed by atoms with van der Waals surface area (Å²) >= 11 is 0. The van der Waals surface area contributed by atoms with Crippen molar-refractivity contribution < 1.29 is 28.8 Å². The van der Waals surface area contributed by atoms with Crippen LogP contribution in [-0.4, -0.2) is 36.7 Å². The molecule has 2 aliphatic rings. The molecule has 31 heavy (non-hydrogen) atoms.